The van der Waals surface area contributed by atoms with Crippen molar-refractivity contribution in [1.82, 2.24) is 4.90 Å². The molecule has 1 aliphatic rings. The minimum absolute atomic E-state index is 0.327. The summed E-state index contributed by atoms with van der Waals surface area (Å²) in [5.74, 6) is 0. The fourth-order valence-corrected chi connectivity index (χ4v) is 4.08. The van der Waals surface area contributed by atoms with Crippen molar-refractivity contribution < 1.29 is 0 Å². The monoisotopic (exact) mass is 368 g/mol. The van der Waals surface area contributed by atoms with E-state index in [0.717, 1.165) is 25.9 Å². The topological polar surface area (TPSA) is 29.3 Å². The Morgan fingerprint density at radius 3 is 1.79 bits per heavy atom. The van der Waals surface area contributed by atoms with E-state index in [9.17, 15) is 0 Å². The highest BCUT2D eigenvalue weighted by Crippen LogP contribution is 2.32. The average molecular weight is 369 g/mol. The predicted molar refractivity (Wildman–Crippen MR) is 118 cm³/mol. The number of hydrogen-bond acceptors (Lipinski definition) is 2. The molecule has 0 radical (unpaired) electrons. The fourth-order valence-electron chi connectivity index (χ4n) is 4.08. The van der Waals surface area contributed by atoms with Gasteiger partial charge in [-0.2, -0.15) is 0 Å². The van der Waals surface area contributed by atoms with Crippen molar-refractivity contribution in [2.45, 2.75) is 25.4 Å². The van der Waals surface area contributed by atoms with Gasteiger partial charge < -0.3 is 5.73 Å². The van der Waals surface area contributed by atoms with Crippen LogP contribution < -0.4 is 5.73 Å². The van der Waals surface area contributed by atoms with Gasteiger partial charge in [0, 0.05) is 19.6 Å². The second-order valence-corrected chi connectivity index (χ2v) is 7.51. The summed E-state index contributed by atoms with van der Waals surface area (Å²) in [6, 6.07) is 30.7. The van der Waals surface area contributed by atoms with Crippen molar-refractivity contribution in [2.75, 3.05) is 13.1 Å². The Bertz CT molecular complexity index is 849. The van der Waals surface area contributed by atoms with E-state index in [1.54, 1.807) is 0 Å². The number of nitrogens with zero attached hydrogens (tertiary/aromatic N) is 1. The van der Waals surface area contributed by atoms with Gasteiger partial charge in [-0.15, -0.1) is 0 Å². The Hall–Kier alpha value is -2.68. The number of hydrogen-bond donors (Lipinski definition) is 1. The summed E-state index contributed by atoms with van der Waals surface area (Å²) >= 11 is 0. The molecule has 0 aromatic heterocycles. The maximum atomic E-state index is 5.70. The van der Waals surface area contributed by atoms with Crippen molar-refractivity contribution in [2.24, 2.45) is 5.73 Å². The zero-order chi connectivity index (χ0) is 19.2. The lowest BCUT2D eigenvalue weighted by Crippen LogP contribution is -2.35. The van der Waals surface area contributed by atoms with Crippen LogP contribution in [-0.2, 0) is 6.54 Å². The quantitative estimate of drug-likeness (QED) is 0.652. The first kappa shape index (κ1) is 18.7. The zero-order valence-corrected chi connectivity index (χ0v) is 16.3. The molecule has 0 unspecified atom stereocenters. The third-order valence-electron chi connectivity index (χ3n) is 5.62. The van der Waals surface area contributed by atoms with Crippen LogP contribution in [0.4, 0.5) is 0 Å². The number of piperidine rings is 1. The number of benzene rings is 3. The lowest BCUT2D eigenvalue weighted by molar-refractivity contribution is 0.211. The van der Waals surface area contributed by atoms with Gasteiger partial charge in [0.25, 0.3) is 0 Å². The smallest absolute Gasteiger partial charge is 0.0602 e. The summed E-state index contributed by atoms with van der Waals surface area (Å²) in [6.07, 6.45) is 4.60. The van der Waals surface area contributed by atoms with Gasteiger partial charge in [-0.1, -0.05) is 96.6 Å². The molecule has 28 heavy (non-hydrogen) atoms. The van der Waals surface area contributed by atoms with E-state index in [2.05, 4.69) is 95.9 Å². The van der Waals surface area contributed by atoms with E-state index in [0.29, 0.717) is 12.6 Å². The Kier molecular flexibility index (Phi) is 6.01. The van der Waals surface area contributed by atoms with E-state index in [4.69, 9.17) is 5.73 Å². The van der Waals surface area contributed by atoms with Gasteiger partial charge in [-0.05, 0) is 35.1 Å². The molecule has 0 aliphatic carbocycles. The summed E-state index contributed by atoms with van der Waals surface area (Å²) in [5, 5.41) is 0. The molecule has 0 spiro atoms. The van der Waals surface area contributed by atoms with Gasteiger partial charge in [0.15, 0.2) is 0 Å². The van der Waals surface area contributed by atoms with Crippen LogP contribution in [0.5, 0.6) is 0 Å². The maximum absolute atomic E-state index is 5.70. The molecule has 3 aromatic carbocycles. The number of likely N-dealkylation sites (tertiary alicyclic amines) is 1. The molecule has 0 bridgehead atoms. The molecule has 1 fully saturated rings. The molecule has 4 rings (SSSR count). The van der Waals surface area contributed by atoms with Crippen molar-refractivity contribution in [3.63, 3.8) is 0 Å². The van der Waals surface area contributed by atoms with E-state index in [1.165, 1.54) is 27.8 Å². The van der Waals surface area contributed by atoms with E-state index in [1.807, 2.05) is 0 Å². The third kappa shape index (κ3) is 4.41. The van der Waals surface area contributed by atoms with Gasteiger partial charge in [0.1, 0.15) is 0 Å². The number of nitrogens with two attached hydrogens (primary N) is 1. The standard InChI is InChI=1S/C26H28N2/c27-20-23-13-11-21(12-14-23)19-22-15-17-28(18-16-22)26(24-7-3-1-4-8-24)25-9-5-2-6-10-25/h1-14,19,26H,15-18,20,27H2. The Labute approximate surface area is 168 Å². The van der Waals surface area contributed by atoms with Crippen molar-refractivity contribution >= 4 is 6.08 Å². The lowest BCUT2D eigenvalue weighted by atomic mass is 9.93. The van der Waals surface area contributed by atoms with Crippen LogP contribution in [0, 0.1) is 0 Å². The SMILES string of the molecule is NCc1ccc(C=C2CCN(C(c3ccccc3)c3ccccc3)CC2)cc1. The molecule has 0 atom stereocenters. The Morgan fingerprint density at radius 1 is 0.750 bits per heavy atom. The second-order valence-electron chi connectivity index (χ2n) is 7.51. The highest BCUT2D eigenvalue weighted by molar-refractivity contribution is 5.53. The van der Waals surface area contributed by atoms with Gasteiger partial charge >= 0.3 is 0 Å². The summed E-state index contributed by atoms with van der Waals surface area (Å²) in [5.41, 5.74) is 12.5. The van der Waals surface area contributed by atoms with Crippen molar-refractivity contribution in [3.8, 4) is 0 Å². The first-order valence-electron chi connectivity index (χ1n) is 10.2. The molecule has 0 saturated carbocycles. The van der Waals surface area contributed by atoms with Crippen LogP contribution in [0.3, 0.4) is 0 Å². The molecule has 3 aromatic rings. The van der Waals surface area contributed by atoms with Crippen molar-refractivity contribution in [1.29, 1.82) is 0 Å². The van der Waals surface area contributed by atoms with Crippen LogP contribution in [0.25, 0.3) is 6.08 Å². The maximum Gasteiger partial charge on any atom is 0.0602 e. The number of rotatable bonds is 5. The summed E-state index contributed by atoms with van der Waals surface area (Å²) in [6.45, 7) is 2.77. The minimum Gasteiger partial charge on any atom is -0.326 e. The van der Waals surface area contributed by atoms with Gasteiger partial charge in [0.05, 0.1) is 6.04 Å². The lowest BCUT2D eigenvalue weighted by Gasteiger charge is -2.36. The van der Waals surface area contributed by atoms with Crippen LogP contribution in [0.2, 0.25) is 0 Å². The largest absolute Gasteiger partial charge is 0.326 e. The Balaban J connectivity index is 1.50. The van der Waals surface area contributed by atoms with Crippen LogP contribution in [-0.4, -0.2) is 18.0 Å². The molecule has 1 heterocycles. The minimum atomic E-state index is 0.327. The predicted octanol–water partition coefficient (Wildman–Crippen LogP) is 5.41. The molecule has 2 nitrogen and oxygen atoms in total. The highest BCUT2D eigenvalue weighted by atomic mass is 15.2. The second kappa shape index (κ2) is 9.01. The normalized spacial score (nSPS) is 15.0. The summed E-state index contributed by atoms with van der Waals surface area (Å²) in [7, 11) is 0. The first-order chi connectivity index (χ1) is 13.8. The molecule has 0 amide bonds. The molecule has 142 valence electrons. The average Bonchev–Trinajstić information content (AvgIpc) is 2.77. The van der Waals surface area contributed by atoms with Crippen LogP contribution in [0.15, 0.2) is 90.5 Å². The third-order valence-corrected chi connectivity index (χ3v) is 5.62. The van der Waals surface area contributed by atoms with Gasteiger partial charge in [0.2, 0.25) is 0 Å². The van der Waals surface area contributed by atoms with E-state index in [-0.39, 0.29) is 0 Å². The first-order valence-corrected chi connectivity index (χ1v) is 10.2. The molecular weight excluding hydrogens is 340 g/mol. The summed E-state index contributed by atoms with van der Waals surface area (Å²) < 4.78 is 0. The molecule has 2 N–H and O–H groups in total. The van der Waals surface area contributed by atoms with E-state index >= 15 is 0 Å². The van der Waals surface area contributed by atoms with Crippen LogP contribution in [0.1, 0.15) is 41.1 Å². The molecule has 1 saturated heterocycles. The zero-order valence-electron chi connectivity index (χ0n) is 16.3. The van der Waals surface area contributed by atoms with Gasteiger partial charge in [-0.3, -0.25) is 4.90 Å². The fraction of sp³-hybridized carbons (Fsp3) is 0.231. The summed E-state index contributed by atoms with van der Waals surface area (Å²) in [4.78, 5) is 2.62. The molecule has 2 heteroatoms. The molecular formula is C26H28N2. The highest BCUT2D eigenvalue weighted by Gasteiger charge is 2.24. The van der Waals surface area contributed by atoms with Gasteiger partial charge in [-0.25, -0.2) is 0 Å². The molecule has 1 aliphatic heterocycles. The Morgan fingerprint density at radius 2 is 1.29 bits per heavy atom. The van der Waals surface area contributed by atoms with Crippen LogP contribution >= 0.6 is 0 Å². The van der Waals surface area contributed by atoms with Crippen molar-refractivity contribution in [3.05, 3.63) is 113 Å². The van der Waals surface area contributed by atoms with E-state index < -0.39 is 0 Å².